The zero-order valence-corrected chi connectivity index (χ0v) is 11.0. The molecular weight excluding hydrogens is 188 g/mol. The van der Waals surface area contributed by atoms with E-state index in [0.29, 0.717) is 6.04 Å². The standard InChI is InChI=1S/C12H26N2O/c1-9(2)14-10(3)11(15)13-8-7-12(4,5)6/h9-10,14H,7-8H2,1-6H3,(H,13,15)/t10-/m1/s1. The Morgan fingerprint density at radius 3 is 2.13 bits per heavy atom. The Balaban J connectivity index is 3.74. The van der Waals surface area contributed by atoms with Gasteiger partial charge in [-0.25, -0.2) is 0 Å². The molecule has 0 rings (SSSR count). The molecule has 0 bridgehead atoms. The molecule has 0 aromatic rings. The van der Waals surface area contributed by atoms with Crippen LogP contribution in [-0.2, 0) is 4.79 Å². The molecular formula is C12H26N2O. The zero-order valence-electron chi connectivity index (χ0n) is 11.0. The Morgan fingerprint density at radius 1 is 1.20 bits per heavy atom. The van der Waals surface area contributed by atoms with Crippen LogP contribution in [0.2, 0.25) is 0 Å². The van der Waals surface area contributed by atoms with Gasteiger partial charge in [-0.2, -0.15) is 0 Å². The minimum Gasteiger partial charge on any atom is -0.355 e. The Morgan fingerprint density at radius 2 is 1.73 bits per heavy atom. The molecule has 0 fully saturated rings. The lowest BCUT2D eigenvalue weighted by molar-refractivity contribution is -0.122. The zero-order chi connectivity index (χ0) is 12.1. The van der Waals surface area contributed by atoms with Crippen molar-refractivity contribution in [2.75, 3.05) is 6.54 Å². The van der Waals surface area contributed by atoms with Gasteiger partial charge >= 0.3 is 0 Å². The molecule has 1 amide bonds. The third kappa shape index (κ3) is 8.43. The third-order valence-electron chi connectivity index (χ3n) is 2.15. The van der Waals surface area contributed by atoms with E-state index in [1.807, 2.05) is 20.8 Å². The summed E-state index contributed by atoms with van der Waals surface area (Å²) in [5.41, 5.74) is 0.280. The first-order chi connectivity index (χ1) is 6.72. The molecule has 0 aromatic heterocycles. The lowest BCUT2D eigenvalue weighted by Gasteiger charge is -2.20. The molecule has 0 aromatic carbocycles. The molecule has 3 nitrogen and oxygen atoms in total. The SMILES string of the molecule is CC(C)N[C@H](C)C(=O)NCCC(C)(C)C. The predicted molar refractivity (Wildman–Crippen MR) is 64.8 cm³/mol. The summed E-state index contributed by atoms with van der Waals surface area (Å²) in [6, 6.07) is 0.235. The Kier molecular flexibility index (Phi) is 5.88. The average Bonchev–Trinajstić information content (AvgIpc) is 2.00. The van der Waals surface area contributed by atoms with Crippen LogP contribution in [0.15, 0.2) is 0 Å². The van der Waals surface area contributed by atoms with Crippen LogP contribution in [0, 0.1) is 5.41 Å². The van der Waals surface area contributed by atoms with Crippen molar-refractivity contribution >= 4 is 5.91 Å². The second-order valence-electron chi connectivity index (χ2n) is 5.64. The maximum Gasteiger partial charge on any atom is 0.236 e. The molecule has 90 valence electrons. The van der Waals surface area contributed by atoms with E-state index < -0.39 is 0 Å². The van der Waals surface area contributed by atoms with Gasteiger partial charge in [-0.05, 0) is 18.8 Å². The van der Waals surface area contributed by atoms with E-state index in [0.717, 1.165) is 13.0 Å². The van der Waals surface area contributed by atoms with E-state index in [9.17, 15) is 4.79 Å². The van der Waals surface area contributed by atoms with E-state index >= 15 is 0 Å². The highest BCUT2D eigenvalue weighted by Gasteiger charge is 2.14. The van der Waals surface area contributed by atoms with Crippen molar-refractivity contribution in [1.29, 1.82) is 0 Å². The van der Waals surface area contributed by atoms with Crippen LogP contribution >= 0.6 is 0 Å². The minimum absolute atomic E-state index is 0.0907. The van der Waals surface area contributed by atoms with Crippen LogP contribution in [0.25, 0.3) is 0 Å². The Hall–Kier alpha value is -0.570. The van der Waals surface area contributed by atoms with Gasteiger partial charge in [-0.15, -0.1) is 0 Å². The number of carbonyl (C=O) groups is 1. The monoisotopic (exact) mass is 214 g/mol. The quantitative estimate of drug-likeness (QED) is 0.734. The van der Waals surface area contributed by atoms with Gasteiger partial charge in [0.1, 0.15) is 0 Å². The highest BCUT2D eigenvalue weighted by molar-refractivity contribution is 5.81. The summed E-state index contributed by atoms with van der Waals surface area (Å²) < 4.78 is 0. The van der Waals surface area contributed by atoms with E-state index in [1.165, 1.54) is 0 Å². The molecule has 0 unspecified atom stereocenters. The molecule has 0 aliphatic heterocycles. The summed E-state index contributed by atoms with van der Waals surface area (Å²) in [4.78, 5) is 11.6. The van der Waals surface area contributed by atoms with Crippen molar-refractivity contribution in [3.05, 3.63) is 0 Å². The molecule has 1 atom stereocenters. The average molecular weight is 214 g/mol. The van der Waals surface area contributed by atoms with Crippen molar-refractivity contribution < 1.29 is 4.79 Å². The van der Waals surface area contributed by atoms with Crippen molar-refractivity contribution in [1.82, 2.24) is 10.6 Å². The Bertz CT molecular complexity index is 194. The van der Waals surface area contributed by atoms with Gasteiger partial charge in [-0.1, -0.05) is 34.6 Å². The van der Waals surface area contributed by atoms with Crippen LogP contribution in [0.5, 0.6) is 0 Å². The summed E-state index contributed by atoms with van der Waals surface area (Å²) >= 11 is 0. The topological polar surface area (TPSA) is 41.1 Å². The van der Waals surface area contributed by atoms with Crippen molar-refractivity contribution in [2.24, 2.45) is 5.41 Å². The lowest BCUT2D eigenvalue weighted by atomic mass is 9.92. The summed E-state index contributed by atoms with van der Waals surface area (Å²) in [7, 11) is 0. The number of hydrogen-bond acceptors (Lipinski definition) is 2. The van der Waals surface area contributed by atoms with E-state index in [4.69, 9.17) is 0 Å². The van der Waals surface area contributed by atoms with E-state index in [2.05, 4.69) is 31.4 Å². The largest absolute Gasteiger partial charge is 0.355 e. The second-order valence-corrected chi connectivity index (χ2v) is 5.64. The fourth-order valence-corrected chi connectivity index (χ4v) is 1.29. The lowest BCUT2D eigenvalue weighted by Crippen LogP contribution is -2.45. The van der Waals surface area contributed by atoms with Gasteiger partial charge in [0.2, 0.25) is 5.91 Å². The van der Waals surface area contributed by atoms with Crippen molar-refractivity contribution in [3.8, 4) is 0 Å². The van der Waals surface area contributed by atoms with E-state index in [1.54, 1.807) is 0 Å². The van der Waals surface area contributed by atoms with Crippen LogP contribution in [-0.4, -0.2) is 24.5 Å². The van der Waals surface area contributed by atoms with Gasteiger partial charge in [0, 0.05) is 12.6 Å². The normalized spacial score (nSPS) is 14.1. The molecule has 15 heavy (non-hydrogen) atoms. The van der Waals surface area contributed by atoms with Crippen LogP contribution in [0.1, 0.15) is 48.0 Å². The predicted octanol–water partition coefficient (Wildman–Crippen LogP) is 1.93. The second kappa shape index (κ2) is 6.11. The maximum absolute atomic E-state index is 11.6. The molecule has 0 spiro atoms. The minimum atomic E-state index is -0.107. The molecule has 0 saturated heterocycles. The highest BCUT2D eigenvalue weighted by atomic mass is 16.2. The van der Waals surface area contributed by atoms with Gasteiger partial charge in [0.05, 0.1) is 6.04 Å². The van der Waals surface area contributed by atoms with Gasteiger partial charge in [0.25, 0.3) is 0 Å². The molecule has 3 heteroatoms. The van der Waals surface area contributed by atoms with Crippen LogP contribution < -0.4 is 10.6 Å². The smallest absolute Gasteiger partial charge is 0.236 e. The number of nitrogens with one attached hydrogen (secondary N) is 2. The number of amides is 1. The van der Waals surface area contributed by atoms with Crippen molar-refractivity contribution in [2.45, 2.75) is 60.0 Å². The first-order valence-electron chi connectivity index (χ1n) is 5.76. The Labute approximate surface area is 94.0 Å². The summed E-state index contributed by atoms with van der Waals surface area (Å²) in [5, 5.41) is 6.12. The first kappa shape index (κ1) is 14.4. The molecule has 0 aliphatic rings. The molecule has 2 N–H and O–H groups in total. The summed E-state index contributed by atoms with van der Waals surface area (Å²) in [6.07, 6.45) is 1.01. The maximum atomic E-state index is 11.6. The molecule has 0 saturated carbocycles. The fourth-order valence-electron chi connectivity index (χ4n) is 1.29. The van der Waals surface area contributed by atoms with Gasteiger partial charge < -0.3 is 10.6 Å². The van der Waals surface area contributed by atoms with Crippen LogP contribution in [0.4, 0.5) is 0 Å². The highest BCUT2D eigenvalue weighted by Crippen LogP contribution is 2.16. The fraction of sp³-hybridized carbons (Fsp3) is 0.917. The summed E-state index contributed by atoms with van der Waals surface area (Å²) in [6.45, 7) is 13.3. The number of rotatable bonds is 5. The van der Waals surface area contributed by atoms with E-state index in [-0.39, 0.29) is 17.4 Å². The molecule has 0 radical (unpaired) electrons. The number of hydrogen-bond donors (Lipinski definition) is 2. The first-order valence-corrected chi connectivity index (χ1v) is 5.76. The van der Waals surface area contributed by atoms with Crippen LogP contribution in [0.3, 0.4) is 0 Å². The summed E-state index contributed by atoms with van der Waals surface area (Å²) in [5.74, 6) is 0.0907. The third-order valence-corrected chi connectivity index (χ3v) is 2.15. The van der Waals surface area contributed by atoms with Crippen molar-refractivity contribution in [3.63, 3.8) is 0 Å². The molecule has 0 heterocycles. The van der Waals surface area contributed by atoms with Gasteiger partial charge in [-0.3, -0.25) is 4.79 Å². The molecule has 0 aliphatic carbocycles. The van der Waals surface area contributed by atoms with Gasteiger partial charge in [0.15, 0.2) is 0 Å². The number of carbonyl (C=O) groups excluding carboxylic acids is 1.